The lowest BCUT2D eigenvalue weighted by Gasteiger charge is -2.08. The van der Waals surface area contributed by atoms with Gasteiger partial charge in [0.05, 0.1) is 0 Å². The third-order valence-electron chi connectivity index (χ3n) is 3.06. The van der Waals surface area contributed by atoms with Crippen molar-refractivity contribution in [1.29, 1.82) is 0 Å². The minimum absolute atomic E-state index is 0.237. The van der Waals surface area contributed by atoms with Crippen molar-refractivity contribution in [2.75, 3.05) is 0 Å². The van der Waals surface area contributed by atoms with E-state index >= 15 is 0 Å². The first-order valence-electron chi connectivity index (χ1n) is 6.24. The molecule has 0 amide bonds. The van der Waals surface area contributed by atoms with Crippen LogP contribution in [-0.2, 0) is 6.54 Å². The predicted molar refractivity (Wildman–Crippen MR) is 80.9 cm³/mol. The normalized spacial score (nSPS) is 10.7. The van der Waals surface area contributed by atoms with E-state index in [-0.39, 0.29) is 5.82 Å². The molecule has 3 rings (SSSR count). The van der Waals surface area contributed by atoms with Crippen LogP contribution in [-0.4, -0.2) is 9.55 Å². The Morgan fingerprint density at radius 1 is 1.10 bits per heavy atom. The Morgan fingerprint density at radius 2 is 1.90 bits per heavy atom. The maximum Gasteiger partial charge on any atom is 0.140 e. The summed E-state index contributed by atoms with van der Waals surface area (Å²) in [5.41, 5.74) is 2.09. The lowest BCUT2D eigenvalue weighted by Crippen LogP contribution is -2.01. The molecule has 1 heterocycles. The van der Waals surface area contributed by atoms with E-state index in [1.165, 1.54) is 17.7 Å². The van der Waals surface area contributed by atoms with Gasteiger partial charge in [-0.1, -0.05) is 28.1 Å². The number of halogens is 2. The maximum absolute atomic E-state index is 13.0. The highest BCUT2D eigenvalue weighted by atomic mass is 79.9. The summed E-state index contributed by atoms with van der Waals surface area (Å²) < 4.78 is 16.1. The molecule has 100 valence electrons. The Bertz CT molecular complexity index is 719. The zero-order valence-corrected chi connectivity index (χ0v) is 12.2. The average Bonchev–Trinajstić information content (AvgIpc) is 2.88. The molecular weight excluding hydrogens is 319 g/mol. The molecule has 0 aliphatic heterocycles. The number of benzene rings is 2. The first-order valence-corrected chi connectivity index (χ1v) is 7.03. The molecule has 2 aromatic carbocycles. The van der Waals surface area contributed by atoms with Crippen molar-refractivity contribution in [3.8, 4) is 11.4 Å². The number of aromatic nitrogens is 2. The molecule has 0 saturated carbocycles. The van der Waals surface area contributed by atoms with Crippen LogP contribution in [0, 0.1) is 5.82 Å². The summed E-state index contributed by atoms with van der Waals surface area (Å²) in [6.07, 6.45) is 3.69. The van der Waals surface area contributed by atoms with Gasteiger partial charge in [-0.3, -0.25) is 0 Å². The van der Waals surface area contributed by atoms with Crippen LogP contribution in [0.3, 0.4) is 0 Å². The van der Waals surface area contributed by atoms with Gasteiger partial charge in [-0.15, -0.1) is 0 Å². The Balaban J connectivity index is 1.92. The van der Waals surface area contributed by atoms with Crippen LogP contribution in [0.1, 0.15) is 5.56 Å². The molecule has 3 aromatic rings. The molecular formula is C16H12BrFN2. The second-order valence-corrected chi connectivity index (χ2v) is 5.43. The third kappa shape index (κ3) is 2.80. The molecule has 0 saturated heterocycles. The molecule has 0 radical (unpaired) electrons. The summed E-state index contributed by atoms with van der Waals surface area (Å²) >= 11 is 3.47. The van der Waals surface area contributed by atoms with Crippen molar-refractivity contribution >= 4 is 15.9 Å². The number of hydrogen-bond donors (Lipinski definition) is 0. The van der Waals surface area contributed by atoms with Gasteiger partial charge in [-0.05, 0) is 42.0 Å². The summed E-state index contributed by atoms with van der Waals surface area (Å²) in [6, 6.07) is 14.5. The van der Waals surface area contributed by atoms with Crippen LogP contribution in [0.4, 0.5) is 4.39 Å². The molecule has 0 spiro atoms. The summed E-state index contributed by atoms with van der Waals surface area (Å²) in [7, 11) is 0. The van der Waals surface area contributed by atoms with Gasteiger partial charge in [0.15, 0.2) is 0 Å². The topological polar surface area (TPSA) is 17.8 Å². The Hall–Kier alpha value is -1.94. The SMILES string of the molecule is Fc1ccc(-c2nccn2Cc2cccc(Br)c2)cc1. The van der Waals surface area contributed by atoms with Crippen molar-refractivity contribution in [1.82, 2.24) is 9.55 Å². The lowest BCUT2D eigenvalue weighted by molar-refractivity contribution is 0.628. The molecule has 0 aliphatic rings. The highest BCUT2D eigenvalue weighted by Gasteiger charge is 2.06. The zero-order chi connectivity index (χ0) is 13.9. The molecule has 1 aromatic heterocycles. The van der Waals surface area contributed by atoms with Gasteiger partial charge in [-0.2, -0.15) is 0 Å². The van der Waals surface area contributed by atoms with Gasteiger partial charge < -0.3 is 4.57 Å². The summed E-state index contributed by atoms with van der Waals surface area (Å²) in [5, 5.41) is 0. The monoisotopic (exact) mass is 330 g/mol. The highest BCUT2D eigenvalue weighted by Crippen LogP contribution is 2.20. The number of nitrogens with zero attached hydrogens (tertiary/aromatic N) is 2. The fraction of sp³-hybridized carbons (Fsp3) is 0.0625. The molecule has 0 bridgehead atoms. The second-order valence-electron chi connectivity index (χ2n) is 4.52. The maximum atomic E-state index is 13.0. The average molecular weight is 331 g/mol. The van der Waals surface area contributed by atoms with E-state index in [0.717, 1.165) is 22.4 Å². The first kappa shape index (κ1) is 13.1. The quantitative estimate of drug-likeness (QED) is 0.691. The molecule has 20 heavy (non-hydrogen) atoms. The van der Waals surface area contributed by atoms with Crippen LogP contribution in [0.5, 0.6) is 0 Å². The van der Waals surface area contributed by atoms with Crippen molar-refractivity contribution in [2.24, 2.45) is 0 Å². The fourth-order valence-electron chi connectivity index (χ4n) is 2.13. The van der Waals surface area contributed by atoms with Crippen LogP contribution in [0.2, 0.25) is 0 Å². The summed E-state index contributed by atoms with van der Waals surface area (Å²) in [4.78, 5) is 4.36. The van der Waals surface area contributed by atoms with E-state index in [9.17, 15) is 4.39 Å². The van der Waals surface area contributed by atoms with Crippen LogP contribution in [0.25, 0.3) is 11.4 Å². The Kier molecular flexibility index (Phi) is 3.65. The van der Waals surface area contributed by atoms with Crippen LogP contribution < -0.4 is 0 Å². The van der Waals surface area contributed by atoms with E-state index in [2.05, 4.69) is 37.6 Å². The lowest BCUT2D eigenvalue weighted by atomic mass is 10.2. The number of imidazole rings is 1. The largest absolute Gasteiger partial charge is 0.327 e. The summed E-state index contributed by atoms with van der Waals surface area (Å²) in [6.45, 7) is 0.728. The molecule has 0 N–H and O–H groups in total. The molecule has 4 heteroatoms. The molecule has 2 nitrogen and oxygen atoms in total. The van der Waals surface area contributed by atoms with Crippen LogP contribution in [0.15, 0.2) is 65.4 Å². The van der Waals surface area contributed by atoms with E-state index in [1.807, 2.05) is 18.3 Å². The minimum Gasteiger partial charge on any atom is -0.327 e. The van der Waals surface area contributed by atoms with Gasteiger partial charge in [0.25, 0.3) is 0 Å². The van der Waals surface area contributed by atoms with Gasteiger partial charge >= 0.3 is 0 Å². The van der Waals surface area contributed by atoms with Crippen molar-refractivity contribution in [3.63, 3.8) is 0 Å². The second kappa shape index (κ2) is 5.59. The predicted octanol–water partition coefficient (Wildman–Crippen LogP) is 4.50. The Labute approximate surface area is 125 Å². The van der Waals surface area contributed by atoms with Crippen molar-refractivity contribution in [2.45, 2.75) is 6.54 Å². The van der Waals surface area contributed by atoms with Crippen molar-refractivity contribution in [3.05, 3.63) is 76.8 Å². The summed E-state index contributed by atoms with van der Waals surface area (Å²) in [5.74, 6) is 0.601. The van der Waals surface area contributed by atoms with E-state index in [4.69, 9.17) is 0 Å². The molecule has 0 unspecified atom stereocenters. The van der Waals surface area contributed by atoms with Crippen molar-refractivity contribution < 1.29 is 4.39 Å². The van der Waals surface area contributed by atoms with E-state index in [1.54, 1.807) is 18.3 Å². The van der Waals surface area contributed by atoms with Gasteiger partial charge in [0.2, 0.25) is 0 Å². The molecule has 0 aliphatic carbocycles. The van der Waals surface area contributed by atoms with Gasteiger partial charge in [0.1, 0.15) is 11.6 Å². The fourth-order valence-corrected chi connectivity index (χ4v) is 2.57. The number of rotatable bonds is 3. The first-order chi connectivity index (χ1) is 9.72. The standard InChI is InChI=1S/C16H12BrFN2/c17-14-3-1-2-12(10-14)11-20-9-8-19-16(20)13-4-6-15(18)7-5-13/h1-10H,11H2. The molecule has 0 fully saturated rings. The van der Waals surface area contributed by atoms with Gasteiger partial charge in [0, 0.05) is 29.0 Å². The highest BCUT2D eigenvalue weighted by molar-refractivity contribution is 9.10. The Morgan fingerprint density at radius 3 is 2.65 bits per heavy atom. The third-order valence-corrected chi connectivity index (χ3v) is 3.55. The van der Waals surface area contributed by atoms with Crippen LogP contribution >= 0.6 is 15.9 Å². The smallest absolute Gasteiger partial charge is 0.140 e. The molecule has 0 atom stereocenters. The van der Waals surface area contributed by atoms with Gasteiger partial charge in [-0.25, -0.2) is 9.37 Å². The van der Waals surface area contributed by atoms with E-state index in [0.29, 0.717) is 0 Å². The minimum atomic E-state index is -0.237. The number of hydrogen-bond acceptors (Lipinski definition) is 1. The zero-order valence-electron chi connectivity index (χ0n) is 10.6. The van der Waals surface area contributed by atoms with E-state index < -0.39 is 0 Å².